The number of hydrogen-bond donors (Lipinski definition) is 2. The molecule has 1 aromatic heterocycles. The monoisotopic (exact) mass is 287 g/mol. The van der Waals surface area contributed by atoms with E-state index in [0.29, 0.717) is 31.0 Å². The summed E-state index contributed by atoms with van der Waals surface area (Å²) in [4.78, 5) is 16.3. The fourth-order valence-corrected chi connectivity index (χ4v) is 1.54. The number of nitrogens with zero attached hydrogens (tertiary/aromatic N) is 1. The van der Waals surface area contributed by atoms with E-state index in [1.807, 2.05) is 0 Å². The molecule has 1 rings (SSSR count). The molecule has 20 heavy (non-hydrogen) atoms. The molecule has 0 saturated carbocycles. The first kappa shape index (κ1) is 16.3. The van der Waals surface area contributed by atoms with Crippen molar-refractivity contribution < 1.29 is 29.3 Å². The molecule has 0 amide bonds. The van der Waals surface area contributed by atoms with Gasteiger partial charge in [0.1, 0.15) is 0 Å². The number of methoxy groups -OCH3 is 1. The molecule has 0 spiro atoms. The summed E-state index contributed by atoms with van der Waals surface area (Å²) in [6.07, 6.45) is 2.58. The van der Waals surface area contributed by atoms with Crippen molar-refractivity contribution in [2.75, 3.05) is 26.9 Å². The molecule has 7 heteroatoms. The van der Waals surface area contributed by atoms with Crippen LogP contribution >= 0.6 is 0 Å². The van der Waals surface area contributed by atoms with Gasteiger partial charge in [0, 0.05) is 32.3 Å². The Balaban J connectivity index is 2.06. The summed E-state index contributed by atoms with van der Waals surface area (Å²) in [5.74, 6) is -1.14. The van der Waals surface area contributed by atoms with E-state index in [-0.39, 0.29) is 18.2 Å². The van der Waals surface area contributed by atoms with Crippen molar-refractivity contribution in [2.45, 2.75) is 25.7 Å². The van der Waals surface area contributed by atoms with E-state index >= 15 is 0 Å². The SMILES string of the molecule is COCCOCCCCCC(=O)On1c(O)ccc1O. The molecule has 0 atom stereocenters. The maximum absolute atomic E-state index is 11.5. The maximum atomic E-state index is 11.5. The van der Waals surface area contributed by atoms with Crippen LogP contribution in [0.3, 0.4) is 0 Å². The van der Waals surface area contributed by atoms with Crippen molar-refractivity contribution in [3.8, 4) is 11.8 Å². The third kappa shape index (κ3) is 5.94. The highest BCUT2D eigenvalue weighted by Crippen LogP contribution is 2.18. The molecule has 0 aliphatic carbocycles. The predicted octanol–water partition coefficient (Wildman–Crippen LogP) is 1.08. The lowest BCUT2D eigenvalue weighted by Gasteiger charge is -2.07. The molecule has 114 valence electrons. The van der Waals surface area contributed by atoms with Gasteiger partial charge in [0.15, 0.2) is 0 Å². The van der Waals surface area contributed by atoms with Gasteiger partial charge >= 0.3 is 5.97 Å². The van der Waals surface area contributed by atoms with Gasteiger partial charge in [-0.2, -0.15) is 0 Å². The summed E-state index contributed by atoms with van der Waals surface area (Å²) in [6, 6.07) is 2.47. The zero-order valence-corrected chi connectivity index (χ0v) is 11.6. The third-order valence-electron chi connectivity index (χ3n) is 2.59. The molecule has 7 nitrogen and oxygen atoms in total. The molecule has 0 unspecified atom stereocenters. The van der Waals surface area contributed by atoms with Gasteiger partial charge in [-0.1, -0.05) is 6.42 Å². The van der Waals surface area contributed by atoms with E-state index in [1.54, 1.807) is 7.11 Å². The van der Waals surface area contributed by atoms with Crippen molar-refractivity contribution in [3.05, 3.63) is 12.1 Å². The van der Waals surface area contributed by atoms with E-state index in [1.165, 1.54) is 12.1 Å². The molecule has 0 aliphatic heterocycles. The van der Waals surface area contributed by atoms with Crippen LogP contribution in [0.1, 0.15) is 25.7 Å². The number of ether oxygens (including phenoxy) is 2. The summed E-state index contributed by atoms with van der Waals surface area (Å²) >= 11 is 0. The molecule has 0 aliphatic rings. The first-order valence-electron chi connectivity index (χ1n) is 6.52. The van der Waals surface area contributed by atoms with Crippen LogP contribution in [0.25, 0.3) is 0 Å². The number of aromatic nitrogens is 1. The predicted molar refractivity (Wildman–Crippen MR) is 70.5 cm³/mol. The lowest BCUT2D eigenvalue weighted by Crippen LogP contribution is -2.18. The van der Waals surface area contributed by atoms with Crippen molar-refractivity contribution in [3.63, 3.8) is 0 Å². The largest absolute Gasteiger partial charge is 0.492 e. The Kier molecular flexibility index (Phi) is 7.52. The number of carbonyl (C=O) groups is 1. The van der Waals surface area contributed by atoms with Crippen LogP contribution in [-0.4, -0.2) is 47.8 Å². The van der Waals surface area contributed by atoms with Crippen LogP contribution in [-0.2, 0) is 14.3 Å². The van der Waals surface area contributed by atoms with E-state index < -0.39 is 5.97 Å². The van der Waals surface area contributed by atoms with Crippen LogP contribution < -0.4 is 4.84 Å². The molecular formula is C13H21NO6. The molecule has 0 fully saturated rings. The standard InChI is InChI=1S/C13H21NO6/c1-18-9-10-19-8-4-2-3-5-13(17)20-14-11(15)6-7-12(14)16/h6-7,15-16H,2-5,8-10H2,1H3. The topological polar surface area (TPSA) is 90.2 Å². The number of rotatable bonds is 10. The van der Waals surface area contributed by atoms with Crippen LogP contribution in [0.5, 0.6) is 11.8 Å². The molecule has 0 saturated heterocycles. The van der Waals surface area contributed by atoms with Crippen LogP contribution in [0.4, 0.5) is 0 Å². The molecule has 1 aromatic rings. The van der Waals surface area contributed by atoms with Crippen LogP contribution in [0.15, 0.2) is 12.1 Å². The minimum atomic E-state index is -0.507. The van der Waals surface area contributed by atoms with Gasteiger partial charge in [-0.3, -0.25) is 0 Å². The van der Waals surface area contributed by atoms with Crippen molar-refractivity contribution in [1.82, 2.24) is 4.73 Å². The summed E-state index contributed by atoms with van der Waals surface area (Å²) in [5, 5.41) is 18.6. The average molecular weight is 287 g/mol. The first-order chi connectivity index (χ1) is 9.65. The van der Waals surface area contributed by atoms with Gasteiger partial charge < -0.3 is 24.5 Å². The lowest BCUT2D eigenvalue weighted by atomic mass is 10.2. The number of hydrogen-bond acceptors (Lipinski definition) is 6. The second-order valence-corrected chi connectivity index (χ2v) is 4.22. The highest BCUT2D eigenvalue weighted by Gasteiger charge is 2.11. The molecule has 0 radical (unpaired) electrons. The highest BCUT2D eigenvalue weighted by molar-refractivity contribution is 5.69. The second kappa shape index (κ2) is 9.22. The van der Waals surface area contributed by atoms with E-state index in [2.05, 4.69) is 0 Å². The molecule has 2 N–H and O–H groups in total. The quantitative estimate of drug-likeness (QED) is 0.626. The van der Waals surface area contributed by atoms with Crippen molar-refractivity contribution in [1.29, 1.82) is 0 Å². The summed E-state index contributed by atoms with van der Waals surface area (Å²) in [6.45, 7) is 1.79. The zero-order valence-electron chi connectivity index (χ0n) is 11.6. The lowest BCUT2D eigenvalue weighted by molar-refractivity contribution is -0.145. The Morgan fingerprint density at radius 3 is 2.45 bits per heavy atom. The summed E-state index contributed by atoms with van der Waals surface area (Å²) < 4.78 is 10.8. The Labute approximate surface area is 117 Å². The minimum absolute atomic E-state index is 0.217. The third-order valence-corrected chi connectivity index (χ3v) is 2.59. The Hall–Kier alpha value is -1.73. The summed E-state index contributed by atoms with van der Waals surface area (Å²) in [5.41, 5.74) is 0. The Bertz CT molecular complexity index is 384. The Morgan fingerprint density at radius 1 is 1.10 bits per heavy atom. The maximum Gasteiger partial charge on any atom is 0.333 e. The zero-order chi connectivity index (χ0) is 14.8. The smallest absolute Gasteiger partial charge is 0.333 e. The fourth-order valence-electron chi connectivity index (χ4n) is 1.54. The fraction of sp³-hybridized carbons (Fsp3) is 0.615. The van der Waals surface area contributed by atoms with Gasteiger partial charge in [-0.25, -0.2) is 4.79 Å². The molecule has 1 heterocycles. The van der Waals surface area contributed by atoms with E-state index in [4.69, 9.17) is 14.3 Å². The number of aromatic hydroxyl groups is 2. The van der Waals surface area contributed by atoms with E-state index in [0.717, 1.165) is 12.8 Å². The van der Waals surface area contributed by atoms with Crippen molar-refractivity contribution >= 4 is 5.97 Å². The van der Waals surface area contributed by atoms with Gasteiger partial charge in [-0.05, 0) is 12.8 Å². The average Bonchev–Trinajstić information content (AvgIpc) is 2.73. The van der Waals surface area contributed by atoms with Gasteiger partial charge in [-0.15, -0.1) is 4.73 Å². The molecule has 0 bridgehead atoms. The molecule has 0 aromatic carbocycles. The number of carbonyl (C=O) groups excluding carboxylic acids is 1. The normalized spacial score (nSPS) is 10.7. The van der Waals surface area contributed by atoms with Crippen LogP contribution in [0, 0.1) is 0 Å². The number of unbranched alkanes of at least 4 members (excludes halogenated alkanes) is 2. The van der Waals surface area contributed by atoms with Gasteiger partial charge in [0.2, 0.25) is 11.8 Å². The molecular weight excluding hydrogens is 266 g/mol. The second-order valence-electron chi connectivity index (χ2n) is 4.22. The highest BCUT2D eigenvalue weighted by atomic mass is 16.7. The minimum Gasteiger partial charge on any atom is -0.492 e. The first-order valence-corrected chi connectivity index (χ1v) is 6.52. The van der Waals surface area contributed by atoms with Gasteiger partial charge in [0.25, 0.3) is 0 Å². The van der Waals surface area contributed by atoms with E-state index in [9.17, 15) is 15.0 Å². The van der Waals surface area contributed by atoms with Crippen LogP contribution in [0.2, 0.25) is 0 Å². The Morgan fingerprint density at radius 2 is 1.80 bits per heavy atom. The van der Waals surface area contributed by atoms with Crippen molar-refractivity contribution in [2.24, 2.45) is 0 Å². The summed E-state index contributed by atoms with van der Waals surface area (Å²) in [7, 11) is 1.62. The van der Waals surface area contributed by atoms with Gasteiger partial charge in [0.05, 0.1) is 13.2 Å².